The molecule has 2 aromatic heterocycles. The predicted molar refractivity (Wildman–Crippen MR) is 82.6 cm³/mol. The molecule has 0 N–H and O–H groups in total. The van der Waals surface area contributed by atoms with Crippen LogP contribution in [-0.2, 0) is 5.88 Å². The lowest BCUT2D eigenvalue weighted by Crippen LogP contribution is -2.02. The fourth-order valence-electron chi connectivity index (χ4n) is 2.11. The third kappa shape index (κ3) is 2.49. The minimum absolute atomic E-state index is 0.211. The second kappa shape index (κ2) is 5.61. The van der Waals surface area contributed by atoms with Crippen LogP contribution in [0.3, 0.4) is 0 Å². The molecule has 0 amide bonds. The summed E-state index contributed by atoms with van der Waals surface area (Å²) in [6.45, 7) is 0. The zero-order chi connectivity index (χ0) is 15.0. The number of imidazole rings is 1. The summed E-state index contributed by atoms with van der Waals surface area (Å²) in [5, 5.41) is 0. The molecule has 0 aliphatic heterocycles. The van der Waals surface area contributed by atoms with Crippen LogP contribution < -0.4 is 4.74 Å². The lowest BCUT2D eigenvalue weighted by Gasteiger charge is -2.10. The quantitative estimate of drug-likeness (QED) is 0.653. The topological polar surface area (TPSA) is 39.9 Å². The Bertz CT molecular complexity index is 821. The van der Waals surface area contributed by atoms with Crippen LogP contribution in [0.4, 0.5) is 4.39 Å². The molecule has 1 aromatic carbocycles. The van der Waals surface area contributed by atoms with Crippen LogP contribution in [0.2, 0.25) is 0 Å². The van der Waals surface area contributed by atoms with Crippen LogP contribution >= 0.6 is 27.5 Å². The van der Waals surface area contributed by atoms with Gasteiger partial charge in [-0.2, -0.15) is 4.98 Å². The van der Waals surface area contributed by atoms with Crippen molar-refractivity contribution < 1.29 is 9.13 Å². The first-order chi connectivity index (χ1) is 10.1. The summed E-state index contributed by atoms with van der Waals surface area (Å²) in [6.07, 6.45) is 0. The maximum absolute atomic E-state index is 13.3. The summed E-state index contributed by atoms with van der Waals surface area (Å²) in [5.41, 5.74) is 2.02. The van der Waals surface area contributed by atoms with Crippen molar-refractivity contribution in [2.75, 3.05) is 7.11 Å². The molecule has 0 aliphatic carbocycles. The molecule has 0 saturated carbocycles. The fraction of sp³-hybridized carbons (Fsp3) is 0.143. The standard InChI is InChI=1S/C14H10BrClFN3O/c1-21-13-5-3-10-14(19-13)20(12(7-16)18-10)11-4-2-8(17)6-9(11)15/h2-6H,7H2,1H3. The smallest absolute Gasteiger partial charge is 0.215 e. The molecule has 3 aromatic rings. The average molecular weight is 371 g/mol. The molecule has 0 atom stereocenters. The minimum Gasteiger partial charge on any atom is -0.481 e. The van der Waals surface area contributed by atoms with Gasteiger partial charge in [0.2, 0.25) is 5.88 Å². The normalized spacial score (nSPS) is 11.0. The maximum Gasteiger partial charge on any atom is 0.215 e. The number of methoxy groups -OCH3 is 1. The summed E-state index contributed by atoms with van der Waals surface area (Å²) in [6, 6.07) is 7.96. The van der Waals surface area contributed by atoms with E-state index in [4.69, 9.17) is 16.3 Å². The number of ether oxygens (including phenoxy) is 1. The Morgan fingerprint density at radius 3 is 2.76 bits per heavy atom. The highest BCUT2D eigenvalue weighted by atomic mass is 79.9. The first kappa shape index (κ1) is 14.3. The Hall–Kier alpha value is -1.66. The van der Waals surface area contributed by atoms with E-state index >= 15 is 0 Å². The minimum atomic E-state index is -0.326. The van der Waals surface area contributed by atoms with Crippen molar-refractivity contribution in [3.8, 4) is 11.6 Å². The number of pyridine rings is 1. The van der Waals surface area contributed by atoms with E-state index in [1.165, 1.54) is 12.1 Å². The number of nitrogens with zero attached hydrogens (tertiary/aromatic N) is 3. The van der Waals surface area contributed by atoms with Crippen molar-refractivity contribution in [3.05, 3.63) is 46.4 Å². The monoisotopic (exact) mass is 369 g/mol. The average Bonchev–Trinajstić information content (AvgIpc) is 2.84. The van der Waals surface area contributed by atoms with E-state index in [1.54, 1.807) is 23.8 Å². The summed E-state index contributed by atoms with van der Waals surface area (Å²) < 4.78 is 20.8. The molecule has 2 heterocycles. The van der Waals surface area contributed by atoms with Gasteiger partial charge in [-0.25, -0.2) is 9.37 Å². The highest BCUT2D eigenvalue weighted by Crippen LogP contribution is 2.28. The summed E-state index contributed by atoms with van der Waals surface area (Å²) in [7, 11) is 1.55. The van der Waals surface area contributed by atoms with Gasteiger partial charge in [-0.3, -0.25) is 4.57 Å². The third-order valence-corrected chi connectivity index (χ3v) is 3.90. The Morgan fingerprint density at radius 1 is 1.29 bits per heavy atom. The molecule has 4 nitrogen and oxygen atoms in total. The van der Waals surface area contributed by atoms with Gasteiger partial charge in [0.15, 0.2) is 5.65 Å². The lowest BCUT2D eigenvalue weighted by molar-refractivity contribution is 0.399. The van der Waals surface area contributed by atoms with Crippen molar-refractivity contribution in [1.82, 2.24) is 14.5 Å². The Kier molecular flexibility index (Phi) is 3.82. The number of fused-ring (bicyclic) bond motifs is 1. The number of hydrogen-bond donors (Lipinski definition) is 0. The third-order valence-electron chi connectivity index (χ3n) is 3.03. The second-order valence-electron chi connectivity index (χ2n) is 4.29. The van der Waals surface area contributed by atoms with Gasteiger partial charge in [-0.15, -0.1) is 11.6 Å². The van der Waals surface area contributed by atoms with Gasteiger partial charge in [0.25, 0.3) is 0 Å². The molecular weight excluding hydrogens is 361 g/mol. The number of rotatable bonds is 3. The molecule has 0 radical (unpaired) electrons. The first-order valence-corrected chi connectivity index (χ1v) is 7.40. The van der Waals surface area contributed by atoms with E-state index < -0.39 is 0 Å². The van der Waals surface area contributed by atoms with Gasteiger partial charge in [0.1, 0.15) is 17.2 Å². The van der Waals surface area contributed by atoms with Gasteiger partial charge in [-0.05, 0) is 40.2 Å². The fourth-order valence-corrected chi connectivity index (χ4v) is 2.81. The summed E-state index contributed by atoms with van der Waals surface area (Å²) >= 11 is 9.34. The Labute approximate surface area is 133 Å². The first-order valence-electron chi connectivity index (χ1n) is 6.08. The largest absolute Gasteiger partial charge is 0.481 e. The molecule has 21 heavy (non-hydrogen) atoms. The van der Waals surface area contributed by atoms with E-state index in [9.17, 15) is 4.39 Å². The van der Waals surface area contributed by atoms with Crippen LogP contribution in [-0.4, -0.2) is 21.6 Å². The summed E-state index contributed by atoms with van der Waals surface area (Å²) in [5.74, 6) is 0.985. The van der Waals surface area contributed by atoms with E-state index in [0.29, 0.717) is 27.3 Å². The Morgan fingerprint density at radius 2 is 2.10 bits per heavy atom. The van der Waals surface area contributed by atoms with Crippen LogP contribution in [0.15, 0.2) is 34.8 Å². The van der Waals surface area contributed by atoms with Gasteiger partial charge in [0, 0.05) is 10.5 Å². The highest BCUT2D eigenvalue weighted by Gasteiger charge is 2.16. The van der Waals surface area contributed by atoms with E-state index in [0.717, 1.165) is 5.69 Å². The molecule has 0 spiro atoms. The molecule has 0 bridgehead atoms. The van der Waals surface area contributed by atoms with E-state index in [1.807, 2.05) is 6.07 Å². The second-order valence-corrected chi connectivity index (χ2v) is 5.41. The van der Waals surface area contributed by atoms with Crippen LogP contribution in [0.25, 0.3) is 16.9 Å². The van der Waals surface area contributed by atoms with Crippen molar-refractivity contribution in [1.29, 1.82) is 0 Å². The zero-order valence-electron chi connectivity index (χ0n) is 11.0. The molecule has 3 rings (SSSR count). The van der Waals surface area contributed by atoms with Crippen molar-refractivity contribution in [3.63, 3.8) is 0 Å². The van der Waals surface area contributed by atoms with Gasteiger partial charge in [-0.1, -0.05) is 0 Å². The van der Waals surface area contributed by atoms with Crippen LogP contribution in [0.5, 0.6) is 5.88 Å². The Balaban J connectivity index is 2.33. The summed E-state index contributed by atoms with van der Waals surface area (Å²) in [4.78, 5) is 8.85. The molecule has 0 saturated heterocycles. The predicted octanol–water partition coefficient (Wildman–Crippen LogP) is 4.07. The molecular formula is C14H10BrClFN3O. The van der Waals surface area contributed by atoms with Crippen molar-refractivity contribution in [2.24, 2.45) is 0 Å². The molecule has 108 valence electrons. The number of halogens is 3. The maximum atomic E-state index is 13.3. The van der Waals surface area contributed by atoms with E-state index in [2.05, 4.69) is 25.9 Å². The zero-order valence-corrected chi connectivity index (χ0v) is 13.3. The lowest BCUT2D eigenvalue weighted by atomic mass is 10.3. The van der Waals surface area contributed by atoms with Crippen LogP contribution in [0.1, 0.15) is 5.82 Å². The SMILES string of the molecule is COc1ccc2nc(CCl)n(-c3ccc(F)cc3Br)c2n1. The number of aromatic nitrogens is 3. The van der Waals surface area contributed by atoms with Gasteiger partial charge in [0.05, 0.1) is 18.7 Å². The molecule has 0 aliphatic rings. The van der Waals surface area contributed by atoms with Gasteiger partial charge >= 0.3 is 0 Å². The molecule has 0 fully saturated rings. The van der Waals surface area contributed by atoms with E-state index in [-0.39, 0.29) is 11.7 Å². The number of alkyl halides is 1. The highest BCUT2D eigenvalue weighted by molar-refractivity contribution is 9.10. The number of benzene rings is 1. The molecule has 0 unspecified atom stereocenters. The number of hydrogen-bond acceptors (Lipinski definition) is 3. The van der Waals surface area contributed by atoms with Crippen molar-refractivity contribution in [2.45, 2.75) is 5.88 Å². The molecule has 7 heteroatoms. The van der Waals surface area contributed by atoms with Crippen LogP contribution in [0, 0.1) is 5.82 Å². The van der Waals surface area contributed by atoms with Gasteiger partial charge < -0.3 is 4.74 Å². The van der Waals surface area contributed by atoms with Crippen molar-refractivity contribution >= 4 is 38.7 Å².